The standard InChI is InChI=1S/C23H25NO4S/c1-15(2)10-11-28-19-9-8-16(13-20(19)27-3)12-17(14-22(25)26)23-24-18-6-4-5-7-21(18)29-23/h4-9,12-13,15H,10-11,14H2,1-3H3,(H,25,26)/b17-12+. The van der Waals surface area contributed by atoms with Crippen LogP contribution in [0.5, 0.6) is 11.5 Å². The quantitative estimate of drug-likeness (QED) is 0.486. The second-order valence-corrected chi connectivity index (χ2v) is 8.20. The van der Waals surface area contributed by atoms with E-state index in [1.807, 2.05) is 48.5 Å². The molecule has 0 spiro atoms. The number of hydrogen-bond acceptors (Lipinski definition) is 5. The zero-order valence-electron chi connectivity index (χ0n) is 16.8. The Morgan fingerprint density at radius 3 is 2.69 bits per heavy atom. The number of ether oxygens (including phenoxy) is 2. The summed E-state index contributed by atoms with van der Waals surface area (Å²) in [6.45, 7) is 4.93. The van der Waals surface area contributed by atoms with Crippen molar-refractivity contribution in [1.29, 1.82) is 0 Å². The first-order valence-electron chi connectivity index (χ1n) is 9.55. The average Bonchev–Trinajstić information content (AvgIpc) is 3.12. The van der Waals surface area contributed by atoms with Crippen molar-refractivity contribution in [2.45, 2.75) is 26.7 Å². The molecule has 3 rings (SSSR count). The number of carboxylic acids is 1. The van der Waals surface area contributed by atoms with Crippen LogP contribution in [0.3, 0.4) is 0 Å². The van der Waals surface area contributed by atoms with E-state index in [1.54, 1.807) is 7.11 Å². The largest absolute Gasteiger partial charge is 0.493 e. The van der Waals surface area contributed by atoms with Crippen LogP contribution < -0.4 is 9.47 Å². The van der Waals surface area contributed by atoms with Crippen molar-refractivity contribution < 1.29 is 19.4 Å². The molecule has 0 aliphatic carbocycles. The van der Waals surface area contributed by atoms with E-state index in [9.17, 15) is 9.90 Å². The van der Waals surface area contributed by atoms with Crippen LogP contribution in [-0.4, -0.2) is 29.8 Å². The van der Waals surface area contributed by atoms with Crippen LogP contribution in [-0.2, 0) is 4.79 Å². The Kier molecular flexibility index (Phi) is 6.88. The van der Waals surface area contributed by atoms with Gasteiger partial charge in [0.25, 0.3) is 0 Å². The minimum Gasteiger partial charge on any atom is -0.493 e. The fourth-order valence-electron chi connectivity index (χ4n) is 2.86. The van der Waals surface area contributed by atoms with Gasteiger partial charge < -0.3 is 14.6 Å². The van der Waals surface area contributed by atoms with E-state index in [-0.39, 0.29) is 6.42 Å². The van der Waals surface area contributed by atoms with Gasteiger partial charge in [0.1, 0.15) is 5.01 Å². The number of aromatic nitrogens is 1. The van der Waals surface area contributed by atoms with Gasteiger partial charge in [0, 0.05) is 0 Å². The zero-order valence-corrected chi connectivity index (χ0v) is 17.7. The summed E-state index contributed by atoms with van der Waals surface area (Å²) in [4.78, 5) is 16.0. The van der Waals surface area contributed by atoms with Crippen molar-refractivity contribution in [3.63, 3.8) is 0 Å². The Hall–Kier alpha value is -2.86. The van der Waals surface area contributed by atoms with E-state index in [2.05, 4.69) is 18.8 Å². The first-order chi connectivity index (χ1) is 14.0. The number of para-hydroxylation sites is 1. The Morgan fingerprint density at radius 2 is 2.00 bits per heavy atom. The van der Waals surface area contributed by atoms with Crippen LogP contribution in [0, 0.1) is 5.92 Å². The highest BCUT2D eigenvalue weighted by molar-refractivity contribution is 7.19. The van der Waals surface area contributed by atoms with Gasteiger partial charge in [-0.05, 0) is 53.8 Å². The van der Waals surface area contributed by atoms with Gasteiger partial charge in [0.2, 0.25) is 0 Å². The molecule has 1 N–H and O–H groups in total. The monoisotopic (exact) mass is 411 g/mol. The van der Waals surface area contributed by atoms with E-state index in [0.29, 0.717) is 34.6 Å². The maximum Gasteiger partial charge on any atom is 0.307 e. The van der Waals surface area contributed by atoms with Crippen LogP contribution in [0.1, 0.15) is 37.3 Å². The minimum absolute atomic E-state index is 0.102. The highest BCUT2D eigenvalue weighted by Crippen LogP contribution is 2.33. The normalized spacial score (nSPS) is 11.8. The Labute approximate surface area is 174 Å². The molecule has 29 heavy (non-hydrogen) atoms. The van der Waals surface area contributed by atoms with Crippen LogP contribution in [0.15, 0.2) is 42.5 Å². The third-order valence-electron chi connectivity index (χ3n) is 4.39. The van der Waals surface area contributed by atoms with Gasteiger partial charge in [-0.2, -0.15) is 0 Å². The van der Waals surface area contributed by atoms with Crippen molar-refractivity contribution in [2.24, 2.45) is 5.92 Å². The lowest BCUT2D eigenvalue weighted by Gasteiger charge is -2.12. The molecule has 1 heterocycles. The van der Waals surface area contributed by atoms with Crippen LogP contribution in [0.25, 0.3) is 21.9 Å². The lowest BCUT2D eigenvalue weighted by molar-refractivity contribution is -0.135. The average molecular weight is 412 g/mol. The van der Waals surface area contributed by atoms with Gasteiger partial charge in [0.15, 0.2) is 11.5 Å². The summed E-state index contributed by atoms with van der Waals surface area (Å²) in [5.41, 5.74) is 2.37. The molecule has 0 aliphatic rings. The van der Waals surface area contributed by atoms with Crippen LogP contribution in [0.2, 0.25) is 0 Å². The summed E-state index contributed by atoms with van der Waals surface area (Å²) in [5.74, 6) is 0.984. The van der Waals surface area contributed by atoms with Crippen molar-refractivity contribution in [1.82, 2.24) is 4.98 Å². The third kappa shape index (κ3) is 5.57. The van der Waals surface area contributed by atoms with Crippen molar-refractivity contribution in [3.8, 4) is 11.5 Å². The molecule has 0 atom stereocenters. The molecule has 6 heteroatoms. The Bertz CT molecular complexity index is 990. The molecule has 0 aliphatic heterocycles. The fraction of sp³-hybridized carbons (Fsp3) is 0.304. The molecule has 152 valence electrons. The van der Waals surface area contributed by atoms with E-state index < -0.39 is 5.97 Å². The lowest BCUT2D eigenvalue weighted by atomic mass is 10.1. The predicted molar refractivity (Wildman–Crippen MR) is 118 cm³/mol. The molecule has 0 saturated carbocycles. The van der Waals surface area contributed by atoms with Crippen LogP contribution in [0.4, 0.5) is 0 Å². The molecule has 2 aromatic carbocycles. The molecule has 1 aromatic heterocycles. The molecular weight excluding hydrogens is 386 g/mol. The second kappa shape index (κ2) is 9.56. The van der Waals surface area contributed by atoms with Gasteiger partial charge in [-0.25, -0.2) is 4.98 Å². The SMILES string of the molecule is COc1cc(/C=C(\CC(=O)O)c2nc3ccccc3s2)ccc1OCCC(C)C. The number of carboxylic acid groups (broad SMARTS) is 1. The molecule has 5 nitrogen and oxygen atoms in total. The Morgan fingerprint density at radius 1 is 1.21 bits per heavy atom. The van der Waals surface area contributed by atoms with Gasteiger partial charge in [-0.1, -0.05) is 32.0 Å². The highest BCUT2D eigenvalue weighted by Gasteiger charge is 2.13. The first kappa shape index (κ1) is 20.9. The van der Waals surface area contributed by atoms with Gasteiger partial charge in [-0.3, -0.25) is 4.79 Å². The summed E-state index contributed by atoms with van der Waals surface area (Å²) in [7, 11) is 1.60. The molecular formula is C23H25NO4S. The minimum atomic E-state index is -0.892. The van der Waals surface area contributed by atoms with Crippen molar-refractivity contribution in [2.75, 3.05) is 13.7 Å². The molecule has 0 bridgehead atoms. The smallest absolute Gasteiger partial charge is 0.307 e. The summed E-state index contributed by atoms with van der Waals surface area (Å²) in [6, 6.07) is 13.4. The molecule has 0 amide bonds. The number of benzene rings is 2. The number of methoxy groups -OCH3 is 1. The maximum absolute atomic E-state index is 11.4. The third-order valence-corrected chi connectivity index (χ3v) is 5.50. The van der Waals surface area contributed by atoms with E-state index in [1.165, 1.54) is 11.3 Å². The molecule has 0 radical (unpaired) electrons. The number of aliphatic carboxylic acids is 1. The van der Waals surface area contributed by atoms with Crippen molar-refractivity contribution >= 4 is 39.2 Å². The number of fused-ring (bicyclic) bond motifs is 1. The zero-order chi connectivity index (χ0) is 20.8. The molecule has 0 fully saturated rings. The summed E-state index contributed by atoms with van der Waals surface area (Å²) < 4.78 is 12.3. The Balaban J connectivity index is 1.91. The summed E-state index contributed by atoms with van der Waals surface area (Å²) >= 11 is 1.49. The molecule has 0 unspecified atom stereocenters. The van der Waals surface area contributed by atoms with Gasteiger partial charge in [0.05, 0.1) is 30.4 Å². The second-order valence-electron chi connectivity index (χ2n) is 7.17. The van der Waals surface area contributed by atoms with Gasteiger partial charge in [-0.15, -0.1) is 11.3 Å². The molecule has 3 aromatic rings. The number of carbonyl (C=O) groups is 1. The van der Waals surface area contributed by atoms with E-state index in [4.69, 9.17) is 9.47 Å². The van der Waals surface area contributed by atoms with Crippen LogP contribution >= 0.6 is 11.3 Å². The number of thiazole rings is 1. The summed E-state index contributed by atoms with van der Waals surface area (Å²) in [5, 5.41) is 10.1. The first-order valence-corrected chi connectivity index (χ1v) is 10.4. The van der Waals surface area contributed by atoms with Gasteiger partial charge >= 0.3 is 5.97 Å². The summed E-state index contributed by atoms with van der Waals surface area (Å²) in [6.07, 6.45) is 2.71. The van der Waals surface area contributed by atoms with E-state index in [0.717, 1.165) is 22.2 Å². The maximum atomic E-state index is 11.4. The number of hydrogen-bond donors (Lipinski definition) is 1. The highest BCUT2D eigenvalue weighted by atomic mass is 32.1. The number of nitrogens with zero attached hydrogens (tertiary/aromatic N) is 1. The predicted octanol–water partition coefficient (Wildman–Crippen LogP) is 5.75. The van der Waals surface area contributed by atoms with Crippen molar-refractivity contribution in [3.05, 3.63) is 53.0 Å². The number of rotatable bonds is 9. The van der Waals surface area contributed by atoms with E-state index >= 15 is 0 Å². The fourth-order valence-corrected chi connectivity index (χ4v) is 3.84. The lowest BCUT2D eigenvalue weighted by Crippen LogP contribution is -2.02. The topological polar surface area (TPSA) is 68.7 Å². The molecule has 0 saturated heterocycles.